The van der Waals surface area contributed by atoms with Gasteiger partial charge in [-0.15, -0.1) is 0 Å². The van der Waals surface area contributed by atoms with Crippen LogP contribution in [0.25, 0.3) is 10.9 Å². The Morgan fingerprint density at radius 2 is 2.28 bits per heavy atom. The second kappa shape index (κ2) is 7.20. The minimum Gasteiger partial charge on any atom is -0.480 e. The zero-order chi connectivity index (χ0) is 18.0. The molecule has 1 fully saturated rings. The molecular formula is C17H22N4O4. The van der Waals surface area contributed by atoms with Gasteiger partial charge in [-0.25, -0.2) is 0 Å². The molecule has 2 aromatic rings. The number of hydrogen-bond donors (Lipinski definition) is 2. The first-order valence-electron chi connectivity index (χ1n) is 8.19. The summed E-state index contributed by atoms with van der Waals surface area (Å²) in [6.07, 6.45) is 1.51. The van der Waals surface area contributed by atoms with E-state index < -0.39 is 5.97 Å². The lowest BCUT2D eigenvalue weighted by Crippen LogP contribution is -2.49. The zero-order valence-corrected chi connectivity index (χ0v) is 14.4. The lowest BCUT2D eigenvalue weighted by Gasteiger charge is -2.34. The highest BCUT2D eigenvalue weighted by atomic mass is 16.5. The normalized spacial score (nSPS) is 18.0. The van der Waals surface area contributed by atoms with E-state index in [-0.39, 0.29) is 18.6 Å². The lowest BCUT2D eigenvalue weighted by atomic mass is 10.1. The molecule has 8 heteroatoms. The highest BCUT2D eigenvalue weighted by molar-refractivity contribution is 6.05. The van der Waals surface area contributed by atoms with E-state index in [1.54, 1.807) is 23.0 Å². The van der Waals surface area contributed by atoms with Gasteiger partial charge in [0.1, 0.15) is 0 Å². The first-order valence-corrected chi connectivity index (χ1v) is 8.19. The van der Waals surface area contributed by atoms with Crippen molar-refractivity contribution in [2.24, 2.45) is 0 Å². The molecule has 1 saturated heterocycles. The van der Waals surface area contributed by atoms with Crippen LogP contribution in [-0.2, 0) is 9.53 Å². The summed E-state index contributed by atoms with van der Waals surface area (Å²) in [5, 5.41) is 16.7. The molecule has 0 spiro atoms. The molecule has 2 heterocycles. The van der Waals surface area contributed by atoms with Gasteiger partial charge in [0.05, 0.1) is 36.5 Å². The molecule has 1 aromatic heterocycles. The number of aryl methyl sites for hydroxylation is 1. The second-order valence-electron chi connectivity index (χ2n) is 6.48. The summed E-state index contributed by atoms with van der Waals surface area (Å²) in [4.78, 5) is 27.2. The number of nitrogens with one attached hydrogen (secondary N) is 1. The minimum absolute atomic E-state index is 0.0551. The van der Waals surface area contributed by atoms with Crippen molar-refractivity contribution in [3.8, 4) is 0 Å². The van der Waals surface area contributed by atoms with Gasteiger partial charge in [0, 0.05) is 25.0 Å². The van der Waals surface area contributed by atoms with Crippen molar-refractivity contribution in [3.05, 3.63) is 29.5 Å². The van der Waals surface area contributed by atoms with E-state index in [1.165, 1.54) is 0 Å². The number of nitrogens with zero attached hydrogens (tertiary/aromatic N) is 3. The molecule has 1 amide bonds. The number of benzene rings is 1. The van der Waals surface area contributed by atoms with Crippen LogP contribution >= 0.6 is 0 Å². The molecule has 1 aromatic carbocycles. The van der Waals surface area contributed by atoms with Crippen molar-refractivity contribution >= 4 is 22.8 Å². The van der Waals surface area contributed by atoms with Crippen LogP contribution in [0.4, 0.5) is 0 Å². The maximum absolute atomic E-state index is 13.0. The van der Waals surface area contributed by atoms with Crippen molar-refractivity contribution < 1.29 is 19.4 Å². The van der Waals surface area contributed by atoms with Crippen LogP contribution < -0.4 is 0 Å². The molecule has 1 unspecified atom stereocenters. The molecular weight excluding hydrogens is 324 g/mol. The summed E-state index contributed by atoms with van der Waals surface area (Å²) < 4.78 is 5.69. The van der Waals surface area contributed by atoms with Crippen molar-refractivity contribution in [2.75, 3.05) is 39.8 Å². The Morgan fingerprint density at radius 1 is 1.48 bits per heavy atom. The number of fused-ring (bicyclic) bond motifs is 1. The number of aliphatic carboxylic acids is 1. The first kappa shape index (κ1) is 17.4. The Bertz CT molecular complexity index is 788. The number of carboxylic acid groups (broad SMARTS) is 1. The molecule has 2 N–H and O–H groups in total. The third-order valence-corrected chi connectivity index (χ3v) is 4.27. The Labute approximate surface area is 145 Å². The predicted octanol–water partition coefficient (Wildman–Crippen LogP) is 0.729. The average Bonchev–Trinajstić information content (AvgIpc) is 3.01. The van der Waals surface area contributed by atoms with E-state index in [9.17, 15) is 9.59 Å². The quantitative estimate of drug-likeness (QED) is 0.828. The maximum atomic E-state index is 13.0. The van der Waals surface area contributed by atoms with Crippen LogP contribution in [0.5, 0.6) is 0 Å². The summed E-state index contributed by atoms with van der Waals surface area (Å²) in [6, 6.07) is 3.85. The second-order valence-corrected chi connectivity index (χ2v) is 6.48. The van der Waals surface area contributed by atoms with Crippen LogP contribution in [0, 0.1) is 6.92 Å². The number of morpholine rings is 1. The number of carboxylic acids is 1. The third kappa shape index (κ3) is 3.97. The van der Waals surface area contributed by atoms with Gasteiger partial charge >= 0.3 is 5.97 Å². The van der Waals surface area contributed by atoms with Crippen LogP contribution in [0.1, 0.15) is 15.9 Å². The minimum atomic E-state index is -0.882. The number of carbonyl (C=O) groups is 2. The standard InChI is InChI=1S/C17H22N4O4/c1-11-5-12-7-18-19-16(12)14(6-11)17(24)21-3-4-25-13(9-21)8-20(2)10-15(22)23/h5-7,13H,3-4,8-10H2,1-2H3,(H,18,19)(H,22,23). The number of carbonyl (C=O) groups excluding carboxylic acids is 1. The number of H-pyrrole nitrogens is 1. The van der Waals surface area contributed by atoms with Crippen LogP contribution in [0.3, 0.4) is 0 Å². The van der Waals surface area contributed by atoms with Gasteiger partial charge in [-0.1, -0.05) is 0 Å². The molecule has 0 saturated carbocycles. The lowest BCUT2D eigenvalue weighted by molar-refractivity contribution is -0.138. The average molecular weight is 346 g/mol. The van der Waals surface area contributed by atoms with Gasteiger partial charge in [-0.05, 0) is 31.7 Å². The van der Waals surface area contributed by atoms with Gasteiger partial charge in [-0.3, -0.25) is 19.6 Å². The first-order chi connectivity index (χ1) is 11.9. The largest absolute Gasteiger partial charge is 0.480 e. The molecule has 0 aliphatic carbocycles. The number of likely N-dealkylation sites (N-methyl/N-ethyl adjacent to an activating group) is 1. The Hall–Kier alpha value is -2.45. The molecule has 25 heavy (non-hydrogen) atoms. The fourth-order valence-corrected chi connectivity index (χ4v) is 3.20. The van der Waals surface area contributed by atoms with E-state index in [2.05, 4.69) is 10.2 Å². The molecule has 1 atom stereocenters. The van der Waals surface area contributed by atoms with E-state index in [0.29, 0.717) is 31.8 Å². The molecule has 1 aliphatic rings. The van der Waals surface area contributed by atoms with Crippen molar-refractivity contribution in [2.45, 2.75) is 13.0 Å². The smallest absolute Gasteiger partial charge is 0.317 e. The van der Waals surface area contributed by atoms with E-state index >= 15 is 0 Å². The monoisotopic (exact) mass is 346 g/mol. The highest BCUT2D eigenvalue weighted by Crippen LogP contribution is 2.21. The van der Waals surface area contributed by atoms with Crippen LogP contribution in [-0.4, -0.2) is 82.9 Å². The molecule has 1 aliphatic heterocycles. The summed E-state index contributed by atoms with van der Waals surface area (Å²) >= 11 is 0. The topological polar surface area (TPSA) is 98.8 Å². The number of ether oxygens (including phenoxy) is 1. The zero-order valence-electron chi connectivity index (χ0n) is 14.4. The highest BCUT2D eigenvalue weighted by Gasteiger charge is 2.27. The van der Waals surface area contributed by atoms with Crippen LogP contribution in [0.15, 0.2) is 18.3 Å². The molecule has 134 valence electrons. The predicted molar refractivity (Wildman–Crippen MR) is 91.6 cm³/mol. The van der Waals surface area contributed by atoms with Crippen molar-refractivity contribution in [1.29, 1.82) is 0 Å². The summed E-state index contributed by atoms with van der Waals surface area (Å²) in [5.74, 6) is -0.945. The van der Waals surface area contributed by atoms with Gasteiger partial charge in [-0.2, -0.15) is 5.10 Å². The number of aromatic amines is 1. The van der Waals surface area contributed by atoms with Crippen molar-refractivity contribution in [1.82, 2.24) is 20.0 Å². The molecule has 8 nitrogen and oxygen atoms in total. The van der Waals surface area contributed by atoms with Gasteiger partial charge in [0.15, 0.2) is 0 Å². The fourth-order valence-electron chi connectivity index (χ4n) is 3.20. The molecule has 3 rings (SSSR count). The Balaban J connectivity index is 1.73. The fraction of sp³-hybridized carbons (Fsp3) is 0.471. The summed E-state index contributed by atoms with van der Waals surface area (Å²) in [5.41, 5.74) is 2.34. The van der Waals surface area contributed by atoms with Gasteiger partial charge in [0.25, 0.3) is 5.91 Å². The maximum Gasteiger partial charge on any atom is 0.317 e. The summed E-state index contributed by atoms with van der Waals surface area (Å²) in [6.45, 7) is 3.75. The van der Waals surface area contributed by atoms with Gasteiger partial charge in [0.2, 0.25) is 0 Å². The van der Waals surface area contributed by atoms with E-state index in [0.717, 1.165) is 16.5 Å². The van der Waals surface area contributed by atoms with Gasteiger partial charge < -0.3 is 14.7 Å². The third-order valence-electron chi connectivity index (χ3n) is 4.27. The Kier molecular flexibility index (Phi) is 5.00. The molecule has 0 radical (unpaired) electrons. The Morgan fingerprint density at radius 3 is 3.04 bits per heavy atom. The van der Waals surface area contributed by atoms with Crippen molar-refractivity contribution in [3.63, 3.8) is 0 Å². The SMILES string of the molecule is Cc1cc(C(=O)N2CCOC(CN(C)CC(=O)O)C2)c2[nH]ncc2c1. The molecule has 0 bridgehead atoms. The van der Waals surface area contributed by atoms with E-state index in [4.69, 9.17) is 9.84 Å². The van der Waals surface area contributed by atoms with Crippen LogP contribution in [0.2, 0.25) is 0 Å². The number of amides is 1. The number of rotatable bonds is 5. The number of hydrogen-bond acceptors (Lipinski definition) is 5. The number of aromatic nitrogens is 2. The van der Waals surface area contributed by atoms with E-state index in [1.807, 2.05) is 19.1 Å². The summed E-state index contributed by atoms with van der Waals surface area (Å²) in [7, 11) is 1.73.